The number of nitrogens with zero attached hydrogens (tertiary/aromatic N) is 1. The molecule has 0 spiro atoms. The molecule has 0 aliphatic heterocycles. The van der Waals surface area contributed by atoms with E-state index in [9.17, 15) is 0 Å². The van der Waals surface area contributed by atoms with Crippen LogP contribution >= 0.6 is 27.3 Å². The van der Waals surface area contributed by atoms with Crippen LogP contribution in [0.5, 0.6) is 0 Å². The molecule has 0 amide bonds. The molecule has 1 heterocycles. The van der Waals surface area contributed by atoms with Gasteiger partial charge in [-0.2, -0.15) is 0 Å². The van der Waals surface area contributed by atoms with Gasteiger partial charge in [0.1, 0.15) is 5.01 Å². The first-order valence-electron chi connectivity index (χ1n) is 6.87. The minimum Gasteiger partial charge on any atom is -0.323 e. The van der Waals surface area contributed by atoms with Gasteiger partial charge in [0.2, 0.25) is 0 Å². The van der Waals surface area contributed by atoms with Gasteiger partial charge in [-0.3, -0.25) is 0 Å². The Labute approximate surface area is 132 Å². The predicted molar refractivity (Wildman–Crippen MR) is 89.0 cm³/mol. The Hall–Kier alpha value is -0.710. The van der Waals surface area contributed by atoms with Gasteiger partial charge in [0, 0.05) is 21.0 Å². The lowest BCUT2D eigenvalue weighted by Gasteiger charge is -2.32. The van der Waals surface area contributed by atoms with Gasteiger partial charge >= 0.3 is 0 Å². The Balaban J connectivity index is 2.03. The number of nitrogens with two attached hydrogens (primary N) is 1. The molecule has 0 bridgehead atoms. The van der Waals surface area contributed by atoms with Crippen molar-refractivity contribution in [1.29, 1.82) is 0 Å². The fourth-order valence-electron chi connectivity index (χ4n) is 2.84. The van der Waals surface area contributed by atoms with E-state index in [0.717, 1.165) is 22.3 Å². The van der Waals surface area contributed by atoms with Crippen LogP contribution in [0.2, 0.25) is 0 Å². The second kappa shape index (κ2) is 4.93. The summed E-state index contributed by atoms with van der Waals surface area (Å²) in [6.07, 6.45) is 2.07. The number of hydrogen-bond donors (Lipinski definition) is 1. The average Bonchev–Trinajstić information content (AvgIpc) is 2.75. The zero-order chi connectivity index (χ0) is 14.5. The van der Waals surface area contributed by atoms with Gasteiger partial charge in [-0.25, -0.2) is 4.98 Å². The lowest BCUT2D eigenvalue weighted by Crippen LogP contribution is -2.28. The zero-order valence-corrected chi connectivity index (χ0v) is 14.4. The van der Waals surface area contributed by atoms with Crippen molar-refractivity contribution in [2.24, 2.45) is 11.1 Å². The predicted octanol–water partition coefficient (Wildman–Crippen LogP) is 4.85. The molecule has 1 aliphatic carbocycles. The number of fused-ring (bicyclic) bond motifs is 1. The first kappa shape index (κ1) is 14.2. The Morgan fingerprint density at radius 3 is 2.85 bits per heavy atom. The number of aryl methyl sites for hydroxylation is 1. The quantitative estimate of drug-likeness (QED) is 0.797. The molecule has 106 valence electrons. The summed E-state index contributed by atoms with van der Waals surface area (Å²) >= 11 is 5.35. The van der Waals surface area contributed by atoms with Gasteiger partial charge in [0.15, 0.2) is 0 Å². The summed E-state index contributed by atoms with van der Waals surface area (Å²) in [5.74, 6) is 0. The number of benzene rings is 1. The third-order valence-electron chi connectivity index (χ3n) is 3.90. The molecule has 0 saturated heterocycles. The van der Waals surface area contributed by atoms with Crippen LogP contribution < -0.4 is 5.73 Å². The minimum atomic E-state index is 0.133. The van der Waals surface area contributed by atoms with E-state index in [0.29, 0.717) is 0 Å². The largest absolute Gasteiger partial charge is 0.323 e. The summed E-state index contributed by atoms with van der Waals surface area (Å²) < 4.78 is 1.13. The molecule has 1 aromatic carbocycles. The minimum absolute atomic E-state index is 0.133. The summed E-state index contributed by atoms with van der Waals surface area (Å²) in [7, 11) is 0. The number of rotatable bonds is 1. The van der Waals surface area contributed by atoms with Crippen molar-refractivity contribution in [3.63, 3.8) is 0 Å². The topological polar surface area (TPSA) is 38.9 Å². The molecule has 1 unspecified atom stereocenters. The molecule has 2 N–H and O–H groups in total. The van der Waals surface area contributed by atoms with Gasteiger partial charge in [-0.15, -0.1) is 11.3 Å². The molecule has 20 heavy (non-hydrogen) atoms. The Morgan fingerprint density at radius 1 is 1.40 bits per heavy atom. The fraction of sp³-hybridized carbons (Fsp3) is 0.438. The molecule has 2 nitrogen and oxygen atoms in total. The van der Waals surface area contributed by atoms with E-state index < -0.39 is 0 Å². The van der Waals surface area contributed by atoms with Crippen molar-refractivity contribution >= 4 is 27.3 Å². The van der Waals surface area contributed by atoms with E-state index in [1.165, 1.54) is 21.7 Å². The van der Waals surface area contributed by atoms with Crippen LogP contribution in [-0.2, 0) is 6.42 Å². The van der Waals surface area contributed by atoms with Gasteiger partial charge < -0.3 is 5.73 Å². The Morgan fingerprint density at radius 2 is 2.15 bits per heavy atom. The highest BCUT2D eigenvalue weighted by Crippen LogP contribution is 2.43. The van der Waals surface area contributed by atoms with Crippen LogP contribution in [0.3, 0.4) is 0 Å². The Kier molecular flexibility index (Phi) is 3.51. The molecule has 0 radical (unpaired) electrons. The van der Waals surface area contributed by atoms with Crippen molar-refractivity contribution in [2.75, 3.05) is 0 Å². The molecule has 1 aliphatic rings. The SMILES string of the molecule is Cc1ccc(-c2nc3c(s2)C(N)CC(C)(C)C3)cc1Br. The highest BCUT2D eigenvalue weighted by Gasteiger charge is 2.33. The summed E-state index contributed by atoms with van der Waals surface area (Å²) in [5.41, 5.74) is 10.2. The molecular formula is C16H19BrN2S. The smallest absolute Gasteiger partial charge is 0.123 e. The lowest BCUT2D eigenvalue weighted by molar-refractivity contribution is 0.282. The molecular weight excluding hydrogens is 332 g/mol. The van der Waals surface area contributed by atoms with Gasteiger partial charge in [0.25, 0.3) is 0 Å². The van der Waals surface area contributed by atoms with E-state index in [2.05, 4.69) is 54.9 Å². The van der Waals surface area contributed by atoms with Crippen LogP contribution in [0, 0.1) is 12.3 Å². The number of hydrogen-bond acceptors (Lipinski definition) is 3. The van der Waals surface area contributed by atoms with Crippen LogP contribution in [0.4, 0.5) is 0 Å². The molecule has 0 fully saturated rings. The number of thiazole rings is 1. The molecule has 0 saturated carbocycles. The Bertz CT molecular complexity index is 660. The summed E-state index contributed by atoms with van der Waals surface area (Å²) in [4.78, 5) is 6.13. The highest BCUT2D eigenvalue weighted by atomic mass is 79.9. The van der Waals surface area contributed by atoms with E-state index in [1.54, 1.807) is 11.3 Å². The van der Waals surface area contributed by atoms with E-state index >= 15 is 0 Å². The van der Waals surface area contributed by atoms with Crippen LogP contribution in [0.1, 0.15) is 42.4 Å². The van der Waals surface area contributed by atoms with Crippen LogP contribution in [0.25, 0.3) is 10.6 Å². The molecule has 4 heteroatoms. The zero-order valence-electron chi connectivity index (χ0n) is 12.0. The fourth-order valence-corrected chi connectivity index (χ4v) is 4.30. The molecule has 2 aromatic rings. The van der Waals surface area contributed by atoms with Gasteiger partial charge in [0.05, 0.1) is 5.69 Å². The van der Waals surface area contributed by atoms with Crippen molar-refractivity contribution in [3.8, 4) is 10.6 Å². The standard InChI is InChI=1S/C16H19BrN2S/c1-9-4-5-10(6-11(9)17)15-19-13-8-16(2,3)7-12(18)14(13)20-15/h4-6,12H,7-8,18H2,1-3H3. The third kappa shape index (κ3) is 2.57. The summed E-state index contributed by atoms with van der Waals surface area (Å²) in [6.45, 7) is 6.65. The first-order valence-corrected chi connectivity index (χ1v) is 8.48. The monoisotopic (exact) mass is 350 g/mol. The summed E-state index contributed by atoms with van der Waals surface area (Å²) in [5, 5.41) is 1.09. The third-order valence-corrected chi connectivity index (χ3v) is 6.03. The maximum absolute atomic E-state index is 6.33. The first-order chi connectivity index (χ1) is 9.35. The van der Waals surface area contributed by atoms with Gasteiger partial charge in [-0.1, -0.05) is 41.9 Å². The van der Waals surface area contributed by atoms with E-state index in [1.807, 2.05) is 0 Å². The second-order valence-corrected chi connectivity index (χ2v) is 8.33. The maximum Gasteiger partial charge on any atom is 0.123 e. The molecule has 1 atom stereocenters. The molecule has 3 rings (SSSR count). The lowest BCUT2D eigenvalue weighted by atomic mass is 9.77. The van der Waals surface area contributed by atoms with Crippen molar-refractivity contribution in [1.82, 2.24) is 4.98 Å². The van der Waals surface area contributed by atoms with Crippen LogP contribution in [-0.4, -0.2) is 4.98 Å². The van der Waals surface area contributed by atoms with Gasteiger partial charge in [-0.05, 0) is 36.8 Å². The van der Waals surface area contributed by atoms with Crippen molar-refractivity contribution in [3.05, 3.63) is 38.8 Å². The van der Waals surface area contributed by atoms with E-state index in [-0.39, 0.29) is 11.5 Å². The van der Waals surface area contributed by atoms with Crippen molar-refractivity contribution in [2.45, 2.75) is 39.7 Å². The van der Waals surface area contributed by atoms with E-state index in [4.69, 9.17) is 10.7 Å². The highest BCUT2D eigenvalue weighted by molar-refractivity contribution is 9.10. The van der Waals surface area contributed by atoms with Crippen LogP contribution in [0.15, 0.2) is 22.7 Å². The number of aromatic nitrogens is 1. The maximum atomic E-state index is 6.33. The molecule has 1 aromatic heterocycles. The average molecular weight is 351 g/mol. The summed E-state index contributed by atoms with van der Waals surface area (Å²) in [6, 6.07) is 6.55. The number of halogens is 1. The normalized spacial score (nSPS) is 20.8. The second-order valence-electron chi connectivity index (χ2n) is 6.45. The van der Waals surface area contributed by atoms with Crippen molar-refractivity contribution < 1.29 is 0 Å².